The third-order valence-corrected chi connectivity index (χ3v) is 6.97. The fourth-order valence-electron chi connectivity index (χ4n) is 4.87. The number of benzene rings is 1. The number of hydrogen-bond acceptors (Lipinski definition) is 5. The van der Waals surface area contributed by atoms with Crippen LogP contribution in [0.3, 0.4) is 0 Å². The van der Waals surface area contributed by atoms with Crippen LogP contribution in [-0.4, -0.2) is 51.8 Å². The third-order valence-electron chi connectivity index (χ3n) is 6.97. The van der Waals surface area contributed by atoms with E-state index < -0.39 is 6.10 Å². The van der Waals surface area contributed by atoms with E-state index in [9.17, 15) is 9.90 Å². The Morgan fingerprint density at radius 2 is 1.79 bits per heavy atom. The molecule has 0 bridgehead atoms. The molecule has 1 aromatic carbocycles. The summed E-state index contributed by atoms with van der Waals surface area (Å²) in [6.07, 6.45) is 4.74. The van der Waals surface area contributed by atoms with Gasteiger partial charge in [-0.1, -0.05) is 52.7 Å². The molecular weight excluding hydrogens is 490 g/mol. The Bertz CT molecular complexity index is 1130. The molecule has 1 amide bonds. The zero-order valence-corrected chi connectivity index (χ0v) is 25.6. The van der Waals surface area contributed by atoms with Crippen LogP contribution in [0.4, 0.5) is 0 Å². The normalized spacial score (nSPS) is 16.2. The van der Waals surface area contributed by atoms with Crippen molar-refractivity contribution < 1.29 is 19.1 Å². The van der Waals surface area contributed by atoms with Crippen LogP contribution in [0.25, 0.3) is 11.1 Å². The summed E-state index contributed by atoms with van der Waals surface area (Å²) in [6, 6.07) is 11.9. The molecule has 7 heteroatoms. The van der Waals surface area contributed by atoms with Crippen LogP contribution in [0.15, 0.2) is 40.8 Å². The highest BCUT2D eigenvalue weighted by atomic mass is 16.5. The van der Waals surface area contributed by atoms with Gasteiger partial charge < -0.3 is 29.0 Å². The summed E-state index contributed by atoms with van der Waals surface area (Å²) in [7, 11) is 2.05. The Hall–Kier alpha value is -2.77. The second kappa shape index (κ2) is 15.7. The lowest BCUT2D eigenvalue weighted by atomic mass is 10.0. The number of furan rings is 1. The number of unbranched alkanes of at least 4 members (excludes halogenated alkanes) is 1. The standard InChI is InChI=1S/C22H26N2O4.C8H19N.C2H6/c1-13(2)27-17-7-5-16(6-8-17)11-24-20(15(4)25)12-23-18-9-14(3)28-21(18)10-19(23)22(24)26;1-4-6-7-8(5-2)9-3;1-2/h5-10,13,15,20,25H,11-12H2,1-4H3;8-9H,4-7H2,1-3H3;1-2H3. The first-order valence-corrected chi connectivity index (χ1v) is 14.7. The molecule has 7 nitrogen and oxygen atoms in total. The van der Waals surface area contributed by atoms with Crippen molar-refractivity contribution in [3.63, 3.8) is 0 Å². The topological polar surface area (TPSA) is 79.9 Å². The minimum Gasteiger partial charge on any atom is -0.491 e. The molecule has 0 radical (unpaired) electrons. The monoisotopic (exact) mass is 541 g/mol. The molecule has 2 aromatic heterocycles. The average molecular weight is 542 g/mol. The summed E-state index contributed by atoms with van der Waals surface area (Å²) in [5.74, 6) is 1.52. The Kier molecular flexibility index (Phi) is 13.1. The van der Waals surface area contributed by atoms with E-state index >= 15 is 0 Å². The number of carbonyl (C=O) groups excluding carboxylic acids is 1. The number of amides is 1. The van der Waals surface area contributed by atoms with E-state index in [1.54, 1.807) is 17.9 Å². The summed E-state index contributed by atoms with van der Waals surface area (Å²) < 4.78 is 13.3. The van der Waals surface area contributed by atoms with Gasteiger partial charge in [0, 0.05) is 31.3 Å². The SMILES string of the molecule is CC.CCCCC(CC)NC.Cc1cc2c(cc3n2CC(C(C)O)N(Cc2ccc(OC(C)C)cc2)C3=O)o1. The van der Waals surface area contributed by atoms with Gasteiger partial charge in [-0.2, -0.15) is 0 Å². The zero-order chi connectivity index (χ0) is 29.1. The van der Waals surface area contributed by atoms with Gasteiger partial charge in [0.25, 0.3) is 5.91 Å². The fourth-order valence-corrected chi connectivity index (χ4v) is 4.87. The van der Waals surface area contributed by atoms with Gasteiger partial charge in [-0.15, -0.1) is 0 Å². The molecule has 3 heterocycles. The molecule has 1 aliphatic rings. The van der Waals surface area contributed by atoms with Crippen LogP contribution in [0.1, 0.15) is 96.0 Å². The Labute approximate surface area is 235 Å². The average Bonchev–Trinajstić information content (AvgIpc) is 3.45. The summed E-state index contributed by atoms with van der Waals surface area (Å²) in [5.41, 5.74) is 3.21. The van der Waals surface area contributed by atoms with Gasteiger partial charge in [-0.3, -0.25) is 4.79 Å². The smallest absolute Gasteiger partial charge is 0.271 e. The van der Waals surface area contributed by atoms with Crippen LogP contribution in [-0.2, 0) is 13.1 Å². The molecule has 3 aromatic rings. The van der Waals surface area contributed by atoms with Gasteiger partial charge in [0.05, 0.1) is 23.8 Å². The molecule has 2 N–H and O–H groups in total. The minimum absolute atomic E-state index is 0.0938. The number of fused-ring (bicyclic) bond motifs is 3. The molecule has 0 aliphatic carbocycles. The van der Waals surface area contributed by atoms with Crippen molar-refractivity contribution >= 4 is 17.0 Å². The fraction of sp³-hybridized carbons (Fsp3) is 0.594. The summed E-state index contributed by atoms with van der Waals surface area (Å²) in [6.45, 7) is 17.0. The molecule has 0 spiro atoms. The summed E-state index contributed by atoms with van der Waals surface area (Å²) in [4.78, 5) is 15.0. The van der Waals surface area contributed by atoms with E-state index in [1.807, 2.05) is 76.6 Å². The zero-order valence-electron chi connectivity index (χ0n) is 25.6. The van der Waals surface area contributed by atoms with E-state index in [2.05, 4.69) is 19.2 Å². The maximum absolute atomic E-state index is 13.2. The lowest BCUT2D eigenvalue weighted by molar-refractivity contribution is 0.0250. The van der Waals surface area contributed by atoms with E-state index in [0.29, 0.717) is 24.4 Å². The number of nitrogens with zero attached hydrogens (tertiary/aromatic N) is 2. The number of aliphatic hydroxyl groups excluding tert-OH is 1. The first-order chi connectivity index (χ1) is 18.7. The van der Waals surface area contributed by atoms with Gasteiger partial charge in [0.2, 0.25) is 0 Å². The summed E-state index contributed by atoms with van der Waals surface area (Å²) >= 11 is 0. The van der Waals surface area contributed by atoms with Gasteiger partial charge >= 0.3 is 0 Å². The second-order valence-corrected chi connectivity index (χ2v) is 10.3. The van der Waals surface area contributed by atoms with Gasteiger partial charge in [-0.25, -0.2) is 0 Å². The van der Waals surface area contributed by atoms with Gasteiger partial charge in [0.1, 0.15) is 17.2 Å². The van der Waals surface area contributed by atoms with Crippen LogP contribution in [0.5, 0.6) is 5.75 Å². The number of aliphatic hydroxyl groups is 1. The number of rotatable bonds is 10. The number of hydrogen-bond donors (Lipinski definition) is 2. The molecule has 3 atom stereocenters. The first-order valence-electron chi connectivity index (χ1n) is 14.7. The van der Waals surface area contributed by atoms with Gasteiger partial charge in [-0.05, 0) is 65.3 Å². The van der Waals surface area contributed by atoms with E-state index in [1.165, 1.54) is 25.7 Å². The summed E-state index contributed by atoms with van der Waals surface area (Å²) in [5, 5.41) is 13.7. The Balaban J connectivity index is 0.000000415. The molecule has 0 saturated heterocycles. The van der Waals surface area contributed by atoms with Crippen molar-refractivity contribution in [2.45, 2.75) is 118 Å². The van der Waals surface area contributed by atoms with Crippen LogP contribution in [0, 0.1) is 6.92 Å². The first kappa shape index (κ1) is 32.4. The highest BCUT2D eigenvalue weighted by Gasteiger charge is 2.36. The number of aryl methyl sites for hydroxylation is 1. The molecule has 0 saturated carbocycles. The number of nitrogens with one attached hydrogen (secondary N) is 1. The Morgan fingerprint density at radius 3 is 2.33 bits per heavy atom. The van der Waals surface area contributed by atoms with Crippen LogP contribution < -0.4 is 10.1 Å². The largest absolute Gasteiger partial charge is 0.491 e. The number of carbonyl (C=O) groups is 1. The van der Waals surface area contributed by atoms with Crippen molar-refractivity contribution in [1.29, 1.82) is 0 Å². The highest BCUT2D eigenvalue weighted by Crippen LogP contribution is 2.31. The molecule has 3 unspecified atom stereocenters. The molecule has 1 aliphatic heterocycles. The van der Waals surface area contributed by atoms with Crippen molar-refractivity contribution in [2.24, 2.45) is 0 Å². The molecular formula is C32H51N3O4. The lowest BCUT2D eigenvalue weighted by Crippen LogP contribution is -2.52. The quantitative estimate of drug-likeness (QED) is 0.291. The predicted octanol–water partition coefficient (Wildman–Crippen LogP) is 6.94. The van der Waals surface area contributed by atoms with Crippen LogP contribution in [0.2, 0.25) is 0 Å². The highest BCUT2D eigenvalue weighted by molar-refractivity contribution is 5.98. The maximum atomic E-state index is 13.2. The van der Waals surface area contributed by atoms with E-state index in [0.717, 1.165) is 28.6 Å². The lowest BCUT2D eigenvalue weighted by Gasteiger charge is -2.38. The predicted molar refractivity (Wildman–Crippen MR) is 161 cm³/mol. The Morgan fingerprint density at radius 1 is 1.13 bits per heavy atom. The molecule has 39 heavy (non-hydrogen) atoms. The van der Waals surface area contributed by atoms with E-state index in [4.69, 9.17) is 9.15 Å². The third kappa shape index (κ3) is 8.61. The second-order valence-electron chi connectivity index (χ2n) is 10.3. The maximum Gasteiger partial charge on any atom is 0.271 e. The van der Waals surface area contributed by atoms with Gasteiger partial charge in [0.15, 0.2) is 5.58 Å². The molecule has 4 rings (SSSR count). The van der Waals surface area contributed by atoms with Crippen LogP contribution >= 0.6 is 0 Å². The molecule has 0 fully saturated rings. The minimum atomic E-state index is -0.647. The van der Waals surface area contributed by atoms with Crippen molar-refractivity contribution in [1.82, 2.24) is 14.8 Å². The van der Waals surface area contributed by atoms with Crippen molar-refractivity contribution in [3.8, 4) is 5.75 Å². The van der Waals surface area contributed by atoms with E-state index in [-0.39, 0.29) is 18.1 Å². The van der Waals surface area contributed by atoms with Crippen molar-refractivity contribution in [3.05, 3.63) is 53.4 Å². The number of aromatic nitrogens is 1. The number of ether oxygens (including phenoxy) is 1. The van der Waals surface area contributed by atoms with Crippen molar-refractivity contribution in [2.75, 3.05) is 7.05 Å². The molecule has 218 valence electrons.